The van der Waals surface area contributed by atoms with E-state index in [-0.39, 0.29) is 11.4 Å². The van der Waals surface area contributed by atoms with Gasteiger partial charge < -0.3 is 15.4 Å². The lowest BCUT2D eigenvalue weighted by Crippen LogP contribution is -2.42. The van der Waals surface area contributed by atoms with E-state index in [1.807, 2.05) is 0 Å². The topological polar surface area (TPSA) is 84.5 Å². The predicted octanol–water partition coefficient (Wildman–Crippen LogP) is 3.89. The number of nitrogens with one attached hydrogen (secondary N) is 2. The van der Waals surface area contributed by atoms with Gasteiger partial charge in [0.1, 0.15) is 17.3 Å². The summed E-state index contributed by atoms with van der Waals surface area (Å²) in [4.78, 5) is 36.7. The molecule has 27 heavy (non-hydrogen) atoms. The summed E-state index contributed by atoms with van der Waals surface area (Å²) < 4.78 is 19.2. The lowest BCUT2D eigenvalue weighted by atomic mass is 9.80. The quantitative estimate of drug-likeness (QED) is 0.462. The summed E-state index contributed by atoms with van der Waals surface area (Å²) in [5.74, 6) is -3.55. The van der Waals surface area contributed by atoms with Crippen molar-refractivity contribution in [2.24, 2.45) is 11.3 Å². The highest BCUT2D eigenvalue weighted by Crippen LogP contribution is 2.30. The Kier molecular flexibility index (Phi) is 6.89. The van der Waals surface area contributed by atoms with E-state index in [4.69, 9.17) is 4.74 Å². The first-order valence-electron chi connectivity index (χ1n) is 8.51. The molecule has 0 spiro atoms. The predicted molar refractivity (Wildman–Crippen MR) is 103 cm³/mol. The van der Waals surface area contributed by atoms with Gasteiger partial charge in [-0.3, -0.25) is 14.4 Å². The first kappa shape index (κ1) is 22.3. The standard InChI is InChI=1S/C20H27FN2O4/c1-8-15(24)23-14-11-12(9-10-13(14)21)22-17(25)16(19(2,3)4)18(26)27-20(5,6)7/h8-11,16H,1H2,2-7H3,(H,22,25)(H,23,24). The van der Waals surface area contributed by atoms with Crippen LogP contribution < -0.4 is 10.6 Å². The molecule has 1 atom stereocenters. The first-order chi connectivity index (χ1) is 12.2. The number of esters is 1. The lowest BCUT2D eigenvalue weighted by molar-refractivity contribution is -0.165. The van der Waals surface area contributed by atoms with E-state index in [1.165, 1.54) is 12.1 Å². The van der Waals surface area contributed by atoms with Gasteiger partial charge in [0.25, 0.3) is 0 Å². The average molecular weight is 378 g/mol. The van der Waals surface area contributed by atoms with Crippen molar-refractivity contribution in [3.8, 4) is 0 Å². The summed E-state index contributed by atoms with van der Waals surface area (Å²) in [5, 5.41) is 4.90. The Labute approximate surface area is 159 Å². The summed E-state index contributed by atoms with van der Waals surface area (Å²) >= 11 is 0. The van der Waals surface area contributed by atoms with Gasteiger partial charge in [-0.25, -0.2) is 4.39 Å². The van der Waals surface area contributed by atoms with E-state index >= 15 is 0 Å². The molecule has 1 aromatic carbocycles. The van der Waals surface area contributed by atoms with Crippen LogP contribution in [0.3, 0.4) is 0 Å². The van der Waals surface area contributed by atoms with E-state index in [0.717, 1.165) is 12.1 Å². The normalized spacial score (nSPS) is 12.7. The van der Waals surface area contributed by atoms with Gasteiger partial charge in [-0.05, 0) is 50.5 Å². The molecule has 6 nitrogen and oxygen atoms in total. The van der Waals surface area contributed by atoms with Gasteiger partial charge >= 0.3 is 5.97 Å². The van der Waals surface area contributed by atoms with Crippen molar-refractivity contribution in [1.82, 2.24) is 0 Å². The monoisotopic (exact) mass is 378 g/mol. The number of amides is 2. The fraction of sp³-hybridized carbons (Fsp3) is 0.450. The van der Waals surface area contributed by atoms with Crippen LogP contribution >= 0.6 is 0 Å². The number of hydrogen-bond acceptors (Lipinski definition) is 4. The Morgan fingerprint density at radius 1 is 1.11 bits per heavy atom. The number of halogens is 1. The van der Waals surface area contributed by atoms with Crippen molar-refractivity contribution in [3.63, 3.8) is 0 Å². The largest absolute Gasteiger partial charge is 0.459 e. The number of rotatable bonds is 5. The summed E-state index contributed by atoms with van der Waals surface area (Å²) in [6.45, 7) is 13.7. The van der Waals surface area contributed by atoms with E-state index in [0.29, 0.717) is 0 Å². The molecule has 0 fully saturated rings. The van der Waals surface area contributed by atoms with Gasteiger partial charge in [0.2, 0.25) is 11.8 Å². The van der Waals surface area contributed by atoms with E-state index < -0.39 is 40.5 Å². The molecule has 1 rings (SSSR count). The Bertz CT molecular complexity index is 745. The fourth-order valence-corrected chi connectivity index (χ4v) is 2.31. The second-order valence-electron chi connectivity index (χ2n) is 8.21. The van der Waals surface area contributed by atoms with Gasteiger partial charge in [0.05, 0.1) is 5.69 Å². The van der Waals surface area contributed by atoms with Gasteiger partial charge in [-0.2, -0.15) is 0 Å². The molecule has 0 aliphatic rings. The molecule has 1 unspecified atom stereocenters. The first-order valence-corrected chi connectivity index (χ1v) is 8.51. The van der Waals surface area contributed by atoms with E-state index in [9.17, 15) is 18.8 Å². The maximum Gasteiger partial charge on any atom is 0.319 e. The molecule has 0 radical (unpaired) electrons. The van der Waals surface area contributed by atoms with Gasteiger partial charge in [0, 0.05) is 5.69 Å². The van der Waals surface area contributed by atoms with Crippen LogP contribution in [0.25, 0.3) is 0 Å². The van der Waals surface area contributed by atoms with Crippen molar-refractivity contribution >= 4 is 29.2 Å². The van der Waals surface area contributed by atoms with Crippen molar-refractivity contribution < 1.29 is 23.5 Å². The van der Waals surface area contributed by atoms with Crippen LogP contribution in [0.15, 0.2) is 30.9 Å². The Morgan fingerprint density at radius 2 is 1.70 bits per heavy atom. The third-order valence-electron chi connectivity index (χ3n) is 3.45. The number of carbonyl (C=O) groups excluding carboxylic acids is 3. The molecule has 0 bridgehead atoms. The van der Waals surface area contributed by atoms with Crippen LogP contribution in [0.4, 0.5) is 15.8 Å². The summed E-state index contributed by atoms with van der Waals surface area (Å²) in [5.41, 5.74) is -1.31. The molecule has 0 saturated heterocycles. The smallest absolute Gasteiger partial charge is 0.319 e. The molecule has 148 valence electrons. The third kappa shape index (κ3) is 6.84. The molecule has 7 heteroatoms. The zero-order chi connectivity index (χ0) is 21.0. The van der Waals surface area contributed by atoms with Crippen LogP contribution in [-0.4, -0.2) is 23.4 Å². The SMILES string of the molecule is C=CC(=O)Nc1cc(NC(=O)C(C(=O)OC(C)(C)C)C(C)(C)C)ccc1F. The highest BCUT2D eigenvalue weighted by atomic mass is 19.1. The van der Waals surface area contributed by atoms with Crippen molar-refractivity contribution in [2.75, 3.05) is 10.6 Å². The maximum atomic E-state index is 13.8. The minimum Gasteiger partial charge on any atom is -0.459 e. The molecule has 1 aromatic rings. The van der Waals surface area contributed by atoms with E-state index in [1.54, 1.807) is 41.5 Å². The third-order valence-corrected chi connectivity index (χ3v) is 3.45. The second-order valence-corrected chi connectivity index (χ2v) is 8.21. The zero-order valence-corrected chi connectivity index (χ0v) is 16.6. The zero-order valence-electron chi connectivity index (χ0n) is 16.6. The number of carbonyl (C=O) groups is 3. The summed E-state index contributed by atoms with van der Waals surface area (Å²) in [6, 6.07) is 3.71. The number of ether oxygens (including phenoxy) is 1. The van der Waals surface area contributed by atoms with Crippen LogP contribution in [0.1, 0.15) is 41.5 Å². The fourth-order valence-electron chi connectivity index (χ4n) is 2.31. The molecular formula is C20H27FN2O4. The lowest BCUT2D eigenvalue weighted by Gasteiger charge is -2.31. The highest BCUT2D eigenvalue weighted by Gasteiger charge is 2.40. The number of benzene rings is 1. The Hall–Kier alpha value is -2.70. The molecule has 0 saturated carbocycles. The Morgan fingerprint density at radius 3 is 2.19 bits per heavy atom. The van der Waals surface area contributed by atoms with E-state index in [2.05, 4.69) is 17.2 Å². The molecule has 2 N–H and O–H groups in total. The molecule has 0 aliphatic heterocycles. The van der Waals surface area contributed by atoms with Crippen LogP contribution in [-0.2, 0) is 19.1 Å². The summed E-state index contributed by atoms with van der Waals surface area (Å²) in [7, 11) is 0. The van der Waals surface area contributed by atoms with Crippen molar-refractivity contribution in [3.05, 3.63) is 36.7 Å². The minimum absolute atomic E-state index is 0.109. The molecule has 0 aromatic heterocycles. The van der Waals surface area contributed by atoms with Crippen molar-refractivity contribution in [1.29, 1.82) is 0 Å². The molecule has 2 amide bonds. The van der Waals surface area contributed by atoms with Gasteiger partial charge in [-0.1, -0.05) is 27.4 Å². The van der Waals surface area contributed by atoms with Crippen LogP contribution in [0.2, 0.25) is 0 Å². The molecule has 0 heterocycles. The van der Waals surface area contributed by atoms with Crippen LogP contribution in [0, 0.1) is 17.2 Å². The average Bonchev–Trinajstić information content (AvgIpc) is 2.47. The minimum atomic E-state index is -1.08. The number of anilines is 2. The Balaban J connectivity index is 3.08. The van der Waals surface area contributed by atoms with Crippen molar-refractivity contribution in [2.45, 2.75) is 47.1 Å². The molecule has 0 aliphatic carbocycles. The van der Waals surface area contributed by atoms with Gasteiger partial charge in [-0.15, -0.1) is 0 Å². The number of hydrogen-bond donors (Lipinski definition) is 2. The van der Waals surface area contributed by atoms with Crippen LogP contribution in [0.5, 0.6) is 0 Å². The van der Waals surface area contributed by atoms with Gasteiger partial charge in [0.15, 0.2) is 0 Å². The maximum absolute atomic E-state index is 13.8. The molecular weight excluding hydrogens is 351 g/mol. The summed E-state index contributed by atoms with van der Waals surface area (Å²) in [6.07, 6.45) is 1.00. The second kappa shape index (κ2) is 8.33. The highest BCUT2D eigenvalue weighted by molar-refractivity contribution is 6.06.